The van der Waals surface area contributed by atoms with Crippen molar-refractivity contribution in [3.63, 3.8) is 0 Å². The fraction of sp³-hybridized carbons (Fsp3) is 0.286. The highest BCUT2D eigenvalue weighted by Crippen LogP contribution is 2.19. The molecule has 1 atom stereocenters. The number of aromatic nitrogens is 1. The lowest BCUT2D eigenvalue weighted by Gasteiger charge is -2.18. The Morgan fingerprint density at radius 2 is 1.96 bits per heavy atom. The van der Waals surface area contributed by atoms with E-state index in [1.54, 1.807) is 26.3 Å². The minimum absolute atomic E-state index is 0. The molecule has 0 aliphatic rings. The Morgan fingerprint density at radius 1 is 1.18 bits per heavy atom. The normalized spacial score (nSPS) is 12.5. The van der Waals surface area contributed by atoms with Crippen LogP contribution in [0, 0.1) is 5.82 Å². The first kappa shape index (κ1) is 22.2. The minimum atomic E-state index is -0.222. The monoisotopic (exact) mass is 496 g/mol. The number of methoxy groups -OCH3 is 1. The van der Waals surface area contributed by atoms with Crippen molar-refractivity contribution in [1.82, 2.24) is 15.6 Å². The predicted octanol–water partition coefficient (Wildman–Crippen LogP) is 4.02. The fourth-order valence-corrected chi connectivity index (χ4v) is 3.09. The molecule has 0 saturated heterocycles. The maximum atomic E-state index is 13.5. The molecule has 1 heterocycles. The van der Waals surface area contributed by atoms with Gasteiger partial charge in [-0.1, -0.05) is 30.3 Å². The number of ether oxygens (including phenoxy) is 1. The smallest absolute Gasteiger partial charge is 0.191 e. The number of rotatable bonds is 7. The molecule has 1 unspecified atom stereocenters. The van der Waals surface area contributed by atoms with Crippen LogP contribution >= 0.6 is 24.0 Å². The summed E-state index contributed by atoms with van der Waals surface area (Å²) in [6.45, 7) is 1.30. The number of aliphatic imine (C=N–C) groups is 1. The zero-order valence-electron chi connectivity index (χ0n) is 16.0. The van der Waals surface area contributed by atoms with Gasteiger partial charge in [0.05, 0.1) is 6.10 Å². The van der Waals surface area contributed by atoms with Crippen LogP contribution in [-0.2, 0) is 11.2 Å². The van der Waals surface area contributed by atoms with Crippen molar-refractivity contribution in [2.75, 3.05) is 27.2 Å². The number of halogens is 2. The Labute approximate surface area is 181 Å². The van der Waals surface area contributed by atoms with Gasteiger partial charge in [-0.2, -0.15) is 0 Å². The second-order valence-corrected chi connectivity index (χ2v) is 6.27. The van der Waals surface area contributed by atoms with Crippen LogP contribution in [0.5, 0.6) is 0 Å². The molecule has 5 nitrogen and oxygen atoms in total. The summed E-state index contributed by atoms with van der Waals surface area (Å²) in [5, 5.41) is 7.50. The van der Waals surface area contributed by atoms with Crippen molar-refractivity contribution in [2.24, 2.45) is 4.99 Å². The summed E-state index contributed by atoms with van der Waals surface area (Å²) in [6, 6.07) is 14.9. The molecule has 1 aromatic heterocycles. The molecule has 0 amide bonds. The molecular formula is C21H26FIN4O. The summed E-state index contributed by atoms with van der Waals surface area (Å²) < 4.78 is 19.0. The van der Waals surface area contributed by atoms with Gasteiger partial charge < -0.3 is 20.4 Å². The molecule has 0 radical (unpaired) electrons. The fourth-order valence-electron chi connectivity index (χ4n) is 3.09. The van der Waals surface area contributed by atoms with Gasteiger partial charge in [0.25, 0.3) is 0 Å². The van der Waals surface area contributed by atoms with Crippen molar-refractivity contribution in [1.29, 1.82) is 0 Å². The molecule has 0 aliphatic heterocycles. The number of fused-ring (bicyclic) bond motifs is 1. The number of aromatic amines is 1. The van der Waals surface area contributed by atoms with Crippen LogP contribution in [0.3, 0.4) is 0 Å². The van der Waals surface area contributed by atoms with Gasteiger partial charge in [-0.15, -0.1) is 24.0 Å². The first-order valence-electron chi connectivity index (χ1n) is 8.99. The first-order valence-corrected chi connectivity index (χ1v) is 8.99. The Kier molecular flexibility index (Phi) is 8.72. The molecule has 0 aliphatic carbocycles. The lowest BCUT2D eigenvalue weighted by molar-refractivity contribution is 0.106. The minimum Gasteiger partial charge on any atom is -0.375 e. The first-order chi connectivity index (χ1) is 13.2. The number of H-pyrrole nitrogens is 1. The molecule has 2 aromatic carbocycles. The molecule has 3 N–H and O–H groups in total. The van der Waals surface area contributed by atoms with Gasteiger partial charge in [0.2, 0.25) is 0 Å². The summed E-state index contributed by atoms with van der Waals surface area (Å²) in [7, 11) is 3.44. The van der Waals surface area contributed by atoms with E-state index in [0.29, 0.717) is 19.0 Å². The predicted molar refractivity (Wildman–Crippen MR) is 123 cm³/mol. The van der Waals surface area contributed by atoms with Crippen LogP contribution in [0.25, 0.3) is 10.9 Å². The van der Waals surface area contributed by atoms with Crippen molar-refractivity contribution < 1.29 is 9.13 Å². The molecule has 0 spiro atoms. The van der Waals surface area contributed by atoms with Crippen LogP contribution in [0.2, 0.25) is 0 Å². The molecule has 0 saturated carbocycles. The van der Waals surface area contributed by atoms with Crippen molar-refractivity contribution >= 4 is 40.8 Å². The maximum Gasteiger partial charge on any atom is 0.191 e. The van der Waals surface area contributed by atoms with E-state index in [1.807, 2.05) is 36.5 Å². The quantitative estimate of drug-likeness (QED) is 0.263. The van der Waals surface area contributed by atoms with Gasteiger partial charge in [0.1, 0.15) is 5.82 Å². The van der Waals surface area contributed by atoms with Crippen LogP contribution in [0.1, 0.15) is 17.2 Å². The Bertz CT molecular complexity index is 898. The van der Waals surface area contributed by atoms with Gasteiger partial charge in [-0.3, -0.25) is 4.99 Å². The van der Waals surface area contributed by atoms with Gasteiger partial charge in [0, 0.05) is 44.3 Å². The largest absolute Gasteiger partial charge is 0.375 e. The van der Waals surface area contributed by atoms with Gasteiger partial charge in [-0.25, -0.2) is 4.39 Å². The Hall–Kier alpha value is -2.13. The molecule has 3 aromatic rings. The van der Waals surface area contributed by atoms with Crippen LogP contribution in [-0.4, -0.2) is 38.2 Å². The van der Waals surface area contributed by atoms with E-state index < -0.39 is 0 Å². The average Bonchev–Trinajstić information content (AvgIpc) is 3.10. The van der Waals surface area contributed by atoms with E-state index in [4.69, 9.17) is 4.74 Å². The van der Waals surface area contributed by atoms with E-state index in [0.717, 1.165) is 28.5 Å². The zero-order chi connectivity index (χ0) is 19.1. The molecule has 28 heavy (non-hydrogen) atoms. The Balaban J connectivity index is 0.00000280. The number of nitrogens with zero attached hydrogens (tertiary/aromatic N) is 1. The summed E-state index contributed by atoms with van der Waals surface area (Å²) in [5.41, 5.74) is 3.13. The molecule has 3 rings (SSSR count). The summed E-state index contributed by atoms with van der Waals surface area (Å²) in [6.07, 6.45) is 2.64. The summed E-state index contributed by atoms with van der Waals surface area (Å²) >= 11 is 0. The van der Waals surface area contributed by atoms with Crippen molar-refractivity contribution in [3.05, 3.63) is 71.7 Å². The van der Waals surface area contributed by atoms with Crippen LogP contribution in [0.15, 0.2) is 59.7 Å². The van der Waals surface area contributed by atoms with Crippen molar-refractivity contribution in [2.45, 2.75) is 12.5 Å². The lowest BCUT2D eigenvalue weighted by Crippen LogP contribution is -2.40. The third-order valence-corrected chi connectivity index (χ3v) is 4.55. The second kappa shape index (κ2) is 11.0. The van der Waals surface area contributed by atoms with Crippen LogP contribution < -0.4 is 10.6 Å². The standard InChI is InChI=1S/C21H25FN4O.HI/c1-23-21(26-14-20(27-2)15-6-4-3-5-7-15)24-11-10-16-13-25-19-9-8-17(22)12-18(16)19;/h3-9,12-13,20,25H,10-11,14H2,1-2H3,(H2,23,24,26);1H. The number of hydrogen-bond donors (Lipinski definition) is 3. The van der Waals surface area contributed by atoms with Gasteiger partial charge in [0.15, 0.2) is 5.96 Å². The zero-order valence-corrected chi connectivity index (χ0v) is 18.4. The average molecular weight is 496 g/mol. The topological polar surface area (TPSA) is 61.4 Å². The highest BCUT2D eigenvalue weighted by atomic mass is 127. The highest BCUT2D eigenvalue weighted by Gasteiger charge is 2.11. The number of hydrogen-bond acceptors (Lipinski definition) is 2. The van der Waals surface area contributed by atoms with E-state index in [2.05, 4.69) is 20.6 Å². The van der Waals surface area contributed by atoms with Gasteiger partial charge >= 0.3 is 0 Å². The third kappa shape index (κ3) is 5.68. The SMILES string of the molecule is CN=C(NCCc1c[nH]c2ccc(F)cc12)NCC(OC)c1ccccc1.I. The molecule has 0 bridgehead atoms. The summed E-state index contributed by atoms with van der Waals surface area (Å²) in [5.74, 6) is 0.485. The van der Waals surface area contributed by atoms with E-state index in [9.17, 15) is 4.39 Å². The highest BCUT2D eigenvalue weighted by molar-refractivity contribution is 14.0. The number of benzene rings is 2. The Morgan fingerprint density at radius 3 is 2.68 bits per heavy atom. The van der Waals surface area contributed by atoms with E-state index in [1.165, 1.54) is 6.07 Å². The van der Waals surface area contributed by atoms with E-state index in [-0.39, 0.29) is 35.9 Å². The number of guanidine groups is 1. The lowest BCUT2D eigenvalue weighted by atomic mass is 10.1. The van der Waals surface area contributed by atoms with Crippen LogP contribution in [0.4, 0.5) is 4.39 Å². The van der Waals surface area contributed by atoms with Gasteiger partial charge in [-0.05, 0) is 35.7 Å². The number of nitrogens with one attached hydrogen (secondary N) is 3. The summed E-state index contributed by atoms with van der Waals surface area (Å²) in [4.78, 5) is 7.43. The van der Waals surface area contributed by atoms with Crippen molar-refractivity contribution in [3.8, 4) is 0 Å². The van der Waals surface area contributed by atoms with E-state index >= 15 is 0 Å². The molecular weight excluding hydrogens is 470 g/mol. The molecule has 7 heteroatoms. The second-order valence-electron chi connectivity index (χ2n) is 6.27. The molecule has 150 valence electrons. The third-order valence-electron chi connectivity index (χ3n) is 4.55. The maximum absolute atomic E-state index is 13.5. The molecule has 0 fully saturated rings.